The number of aryl methyl sites for hydroxylation is 1. The molecule has 0 aromatic heterocycles. The molecule has 1 N–H and O–H groups in total. The van der Waals surface area contributed by atoms with Crippen LogP contribution in [0.2, 0.25) is 0 Å². The minimum absolute atomic E-state index is 0.215. The first-order valence-corrected chi connectivity index (χ1v) is 6.95. The third kappa shape index (κ3) is 2.72. The van der Waals surface area contributed by atoms with Gasteiger partial charge in [-0.05, 0) is 49.2 Å². The normalized spacial score (nSPS) is 14.7. The number of ether oxygens (including phenoxy) is 2. The van der Waals surface area contributed by atoms with Crippen LogP contribution in [0.25, 0.3) is 0 Å². The molecule has 1 aliphatic heterocycles. The average Bonchev–Trinajstić information content (AvgIpc) is 2.47. The fourth-order valence-corrected chi connectivity index (χ4v) is 2.40. The first kappa shape index (κ1) is 12.9. The van der Waals surface area contributed by atoms with Crippen LogP contribution in [0, 0.1) is 6.92 Å². The molecule has 1 atom stereocenters. The summed E-state index contributed by atoms with van der Waals surface area (Å²) in [6.45, 7) is 5.49. The van der Waals surface area contributed by atoms with Gasteiger partial charge in [-0.3, -0.25) is 0 Å². The maximum atomic E-state index is 5.63. The molecule has 104 valence electrons. The van der Waals surface area contributed by atoms with Crippen LogP contribution < -0.4 is 14.8 Å². The zero-order chi connectivity index (χ0) is 13.9. The van der Waals surface area contributed by atoms with Crippen molar-refractivity contribution in [2.24, 2.45) is 0 Å². The quantitative estimate of drug-likeness (QED) is 0.915. The molecule has 3 heteroatoms. The van der Waals surface area contributed by atoms with Crippen molar-refractivity contribution >= 4 is 5.69 Å². The largest absolute Gasteiger partial charge is 0.486 e. The highest BCUT2D eigenvalue weighted by Gasteiger charge is 2.14. The van der Waals surface area contributed by atoms with Crippen molar-refractivity contribution in [2.75, 3.05) is 18.5 Å². The number of anilines is 1. The predicted molar refractivity (Wildman–Crippen MR) is 80.6 cm³/mol. The second-order valence-electron chi connectivity index (χ2n) is 5.14. The summed E-state index contributed by atoms with van der Waals surface area (Å²) < 4.78 is 11.2. The van der Waals surface area contributed by atoms with Gasteiger partial charge in [0.1, 0.15) is 13.2 Å². The van der Waals surface area contributed by atoms with E-state index in [2.05, 4.69) is 55.6 Å². The van der Waals surface area contributed by atoms with E-state index in [1.54, 1.807) is 0 Å². The van der Waals surface area contributed by atoms with Crippen LogP contribution in [0.1, 0.15) is 24.1 Å². The maximum Gasteiger partial charge on any atom is 0.161 e. The molecule has 3 rings (SSSR count). The molecule has 0 fully saturated rings. The van der Waals surface area contributed by atoms with Crippen molar-refractivity contribution in [1.29, 1.82) is 0 Å². The molecular weight excluding hydrogens is 250 g/mol. The zero-order valence-corrected chi connectivity index (χ0v) is 11.8. The number of fused-ring (bicyclic) bond motifs is 1. The summed E-state index contributed by atoms with van der Waals surface area (Å²) in [5, 5.41) is 3.51. The molecule has 3 nitrogen and oxygen atoms in total. The van der Waals surface area contributed by atoms with Gasteiger partial charge in [0, 0.05) is 11.7 Å². The summed E-state index contributed by atoms with van der Waals surface area (Å²) in [5.74, 6) is 1.68. The Balaban J connectivity index is 1.78. The van der Waals surface area contributed by atoms with Gasteiger partial charge < -0.3 is 14.8 Å². The zero-order valence-electron chi connectivity index (χ0n) is 11.8. The molecule has 0 aliphatic carbocycles. The minimum atomic E-state index is 0.215. The van der Waals surface area contributed by atoms with Gasteiger partial charge in [-0.25, -0.2) is 0 Å². The molecule has 0 saturated heterocycles. The summed E-state index contributed by atoms with van der Waals surface area (Å²) in [4.78, 5) is 0. The van der Waals surface area contributed by atoms with Gasteiger partial charge in [0.05, 0.1) is 0 Å². The van der Waals surface area contributed by atoms with E-state index >= 15 is 0 Å². The van der Waals surface area contributed by atoms with Crippen molar-refractivity contribution in [3.8, 4) is 11.5 Å². The fraction of sp³-hybridized carbons (Fsp3) is 0.294. The van der Waals surface area contributed by atoms with Crippen LogP contribution in [0.15, 0.2) is 42.5 Å². The van der Waals surface area contributed by atoms with E-state index in [1.807, 2.05) is 6.07 Å². The third-order valence-corrected chi connectivity index (χ3v) is 3.47. The Morgan fingerprint density at radius 1 is 1.00 bits per heavy atom. The molecule has 0 spiro atoms. The number of hydrogen-bond acceptors (Lipinski definition) is 3. The Bertz CT molecular complexity index is 610. The van der Waals surface area contributed by atoms with E-state index in [0.29, 0.717) is 13.2 Å². The molecule has 1 aliphatic rings. The van der Waals surface area contributed by atoms with Crippen LogP contribution in [-0.4, -0.2) is 13.2 Å². The van der Waals surface area contributed by atoms with Gasteiger partial charge in [-0.1, -0.05) is 18.2 Å². The first-order chi connectivity index (χ1) is 9.72. The average molecular weight is 269 g/mol. The third-order valence-electron chi connectivity index (χ3n) is 3.47. The molecule has 2 aromatic rings. The second-order valence-corrected chi connectivity index (χ2v) is 5.14. The smallest absolute Gasteiger partial charge is 0.161 e. The molecular formula is C17H19NO2. The van der Waals surface area contributed by atoms with E-state index in [9.17, 15) is 0 Å². The van der Waals surface area contributed by atoms with Gasteiger partial charge in [0.15, 0.2) is 11.5 Å². The second kappa shape index (κ2) is 5.45. The molecule has 0 saturated carbocycles. The standard InChI is InChI=1S/C17H19NO2/c1-12-4-3-5-15(10-12)18-13(2)14-6-7-16-17(11-14)20-9-8-19-16/h3-7,10-11,13,18H,8-9H2,1-2H3. The summed E-state index contributed by atoms with van der Waals surface area (Å²) in [5.41, 5.74) is 3.58. The van der Waals surface area contributed by atoms with E-state index in [4.69, 9.17) is 9.47 Å². The lowest BCUT2D eigenvalue weighted by atomic mass is 10.1. The van der Waals surface area contributed by atoms with Crippen LogP contribution in [0.5, 0.6) is 11.5 Å². The topological polar surface area (TPSA) is 30.5 Å². The SMILES string of the molecule is Cc1cccc(NC(C)c2ccc3c(c2)OCCO3)c1. The molecule has 0 bridgehead atoms. The van der Waals surface area contributed by atoms with Gasteiger partial charge >= 0.3 is 0 Å². The lowest BCUT2D eigenvalue weighted by Crippen LogP contribution is -2.16. The maximum absolute atomic E-state index is 5.63. The highest BCUT2D eigenvalue weighted by atomic mass is 16.6. The van der Waals surface area contributed by atoms with E-state index in [0.717, 1.165) is 17.2 Å². The fourth-order valence-electron chi connectivity index (χ4n) is 2.40. The van der Waals surface area contributed by atoms with Gasteiger partial charge in [-0.2, -0.15) is 0 Å². The predicted octanol–water partition coefficient (Wildman–Crippen LogP) is 3.94. The minimum Gasteiger partial charge on any atom is -0.486 e. The van der Waals surface area contributed by atoms with E-state index < -0.39 is 0 Å². The van der Waals surface area contributed by atoms with Crippen LogP contribution in [0.4, 0.5) is 5.69 Å². The van der Waals surface area contributed by atoms with E-state index in [-0.39, 0.29) is 6.04 Å². The number of nitrogens with one attached hydrogen (secondary N) is 1. The summed E-state index contributed by atoms with van der Waals surface area (Å²) in [6, 6.07) is 14.7. The van der Waals surface area contributed by atoms with Crippen molar-refractivity contribution in [1.82, 2.24) is 0 Å². The molecule has 1 heterocycles. The van der Waals surface area contributed by atoms with Crippen molar-refractivity contribution < 1.29 is 9.47 Å². The Labute approximate surface area is 119 Å². The lowest BCUT2D eigenvalue weighted by Gasteiger charge is -2.21. The summed E-state index contributed by atoms with van der Waals surface area (Å²) in [7, 11) is 0. The van der Waals surface area contributed by atoms with E-state index in [1.165, 1.54) is 11.1 Å². The van der Waals surface area contributed by atoms with Crippen molar-refractivity contribution in [2.45, 2.75) is 19.9 Å². The number of rotatable bonds is 3. The van der Waals surface area contributed by atoms with Crippen LogP contribution >= 0.6 is 0 Å². The monoisotopic (exact) mass is 269 g/mol. The Morgan fingerprint density at radius 2 is 1.80 bits per heavy atom. The molecule has 0 radical (unpaired) electrons. The Kier molecular flexibility index (Phi) is 3.50. The molecule has 0 amide bonds. The number of benzene rings is 2. The number of hydrogen-bond donors (Lipinski definition) is 1. The Hall–Kier alpha value is -2.16. The van der Waals surface area contributed by atoms with Crippen molar-refractivity contribution in [3.05, 3.63) is 53.6 Å². The van der Waals surface area contributed by atoms with Gasteiger partial charge in [0.2, 0.25) is 0 Å². The Morgan fingerprint density at radius 3 is 2.60 bits per heavy atom. The first-order valence-electron chi connectivity index (χ1n) is 6.95. The highest BCUT2D eigenvalue weighted by Crippen LogP contribution is 2.33. The van der Waals surface area contributed by atoms with Gasteiger partial charge in [-0.15, -0.1) is 0 Å². The summed E-state index contributed by atoms with van der Waals surface area (Å²) in [6.07, 6.45) is 0. The molecule has 2 aromatic carbocycles. The summed E-state index contributed by atoms with van der Waals surface area (Å²) >= 11 is 0. The molecule has 1 unspecified atom stereocenters. The van der Waals surface area contributed by atoms with Gasteiger partial charge in [0.25, 0.3) is 0 Å². The highest BCUT2D eigenvalue weighted by molar-refractivity contribution is 5.50. The molecule has 20 heavy (non-hydrogen) atoms. The lowest BCUT2D eigenvalue weighted by molar-refractivity contribution is 0.171. The van der Waals surface area contributed by atoms with Crippen molar-refractivity contribution in [3.63, 3.8) is 0 Å². The van der Waals surface area contributed by atoms with Crippen LogP contribution in [-0.2, 0) is 0 Å². The van der Waals surface area contributed by atoms with Crippen LogP contribution in [0.3, 0.4) is 0 Å².